The maximum atomic E-state index is 13.0. The third-order valence-electron chi connectivity index (χ3n) is 3.84. The summed E-state index contributed by atoms with van der Waals surface area (Å²) in [6.07, 6.45) is -4.42. The van der Waals surface area contributed by atoms with Crippen molar-refractivity contribution in [1.29, 1.82) is 0 Å². The molecule has 0 atom stereocenters. The average molecular weight is 379 g/mol. The van der Waals surface area contributed by atoms with Crippen LogP contribution in [0, 0.1) is 0 Å². The van der Waals surface area contributed by atoms with Gasteiger partial charge in [0.15, 0.2) is 5.16 Å². The number of nitrogens with one attached hydrogen (secondary N) is 1. The quantitative estimate of drug-likeness (QED) is 0.683. The van der Waals surface area contributed by atoms with E-state index in [1.807, 2.05) is 34.9 Å². The second-order valence-corrected chi connectivity index (χ2v) is 6.57. The third-order valence-corrected chi connectivity index (χ3v) is 4.81. The van der Waals surface area contributed by atoms with E-state index in [0.29, 0.717) is 17.2 Å². The Labute approximate surface area is 152 Å². The maximum Gasteiger partial charge on any atom is 0.416 e. The van der Waals surface area contributed by atoms with Gasteiger partial charge in [0.2, 0.25) is 5.91 Å². The smallest absolute Gasteiger partial charge is 0.358 e. The lowest BCUT2D eigenvalue weighted by Gasteiger charge is -2.10. The summed E-state index contributed by atoms with van der Waals surface area (Å²) in [5.74, 6) is -0.0370. The number of hydrogen-bond acceptors (Lipinski definition) is 3. The molecule has 0 aliphatic heterocycles. The third kappa shape index (κ3) is 4.01. The molecular weight excluding hydrogens is 363 g/mol. The number of imidazole rings is 1. The van der Waals surface area contributed by atoms with E-state index in [1.54, 1.807) is 0 Å². The Morgan fingerprint density at radius 2 is 1.92 bits per heavy atom. The van der Waals surface area contributed by atoms with Crippen LogP contribution in [0.25, 0.3) is 11.0 Å². The maximum absolute atomic E-state index is 13.0. The minimum atomic E-state index is -4.42. The van der Waals surface area contributed by atoms with Crippen LogP contribution in [-0.4, -0.2) is 28.3 Å². The Morgan fingerprint density at radius 1 is 1.19 bits per heavy atom. The zero-order chi connectivity index (χ0) is 18.7. The van der Waals surface area contributed by atoms with Gasteiger partial charge in [-0.05, 0) is 23.8 Å². The number of thioether (sulfide) groups is 1. The SMILES string of the molecule is CNC(=O)CSc1nc2cc(C(F)(F)F)ccc2n1Cc1ccccc1. The largest absolute Gasteiger partial charge is 0.416 e. The molecule has 0 saturated carbocycles. The molecule has 3 aromatic rings. The van der Waals surface area contributed by atoms with Crippen molar-refractivity contribution in [2.75, 3.05) is 12.8 Å². The van der Waals surface area contributed by atoms with Crippen LogP contribution >= 0.6 is 11.8 Å². The van der Waals surface area contributed by atoms with Gasteiger partial charge in [-0.3, -0.25) is 4.79 Å². The Balaban J connectivity index is 2.03. The average Bonchev–Trinajstić information content (AvgIpc) is 2.96. The van der Waals surface area contributed by atoms with Gasteiger partial charge in [-0.15, -0.1) is 0 Å². The molecule has 8 heteroatoms. The fourth-order valence-electron chi connectivity index (χ4n) is 2.52. The van der Waals surface area contributed by atoms with Crippen LogP contribution in [0.3, 0.4) is 0 Å². The molecule has 1 aromatic heterocycles. The highest BCUT2D eigenvalue weighted by Gasteiger charge is 2.31. The number of halogens is 3. The lowest BCUT2D eigenvalue weighted by atomic mass is 10.2. The van der Waals surface area contributed by atoms with E-state index in [2.05, 4.69) is 10.3 Å². The molecule has 0 fully saturated rings. The number of amides is 1. The molecule has 0 saturated heterocycles. The first-order valence-electron chi connectivity index (χ1n) is 7.83. The molecule has 0 aliphatic carbocycles. The Morgan fingerprint density at radius 3 is 2.58 bits per heavy atom. The summed E-state index contributed by atoms with van der Waals surface area (Å²) in [6, 6.07) is 13.1. The van der Waals surface area contributed by atoms with Crippen molar-refractivity contribution in [2.24, 2.45) is 0 Å². The molecule has 26 heavy (non-hydrogen) atoms. The van der Waals surface area contributed by atoms with Crippen LogP contribution in [-0.2, 0) is 17.5 Å². The first-order chi connectivity index (χ1) is 12.4. The molecule has 0 unspecified atom stereocenters. The molecule has 1 amide bonds. The second-order valence-electron chi connectivity index (χ2n) is 5.63. The molecular formula is C18H16F3N3OS. The van der Waals surface area contributed by atoms with Gasteiger partial charge in [0.05, 0.1) is 28.9 Å². The molecule has 0 aliphatic rings. The summed E-state index contributed by atoms with van der Waals surface area (Å²) in [7, 11) is 1.53. The van der Waals surface area contributed by atoms with Crippen molar-refractivity contribution < 1.29 is 18.0 Å². The van der Waals surface area contributed by atoms with Gasteiger partial charge in [0.1, 0.15) is 0 Å². The van der Waals surface area contributed by atoms with Crippen LogP contribution in [0.15, 0.2) is 53.7 Å². The summed E-state index contributed by atoms with van der Waals surface area (Å²) in [6.45, 7) is 0.457. The Hall–Kier alpha value is -2.48. The summed E-state index contributed by atoms with van der Waals surface area (Å²) in [4.78, 5) is 15.9. The zero-order valence-electron chi connectivity index (χ0n) is 13.9. The van der Waals surface area contributed by atoms with E-state index in [0.717, 1.165) is 17.7 Å². The highest BCUT2D eigenvalue weighted by atomic mass is 32.2. The summed E-state index contributed by atoms with van der Waals surface area (Å²) in [5, 5.41) is 3.03. The van der Waals surface area contributed by atoms with Gasteiger partial charge in [-0.1, -0.05) is 42.1 Å². The summed E-state index contributed by atoms with van der Waals surface area (Å²) >= 11 is 1.20. The number of rotatable bonds is 5. The minimum absolute atomic E-state index is 0.140. The summed E-state index contributed by atoms with van der Waals surface area (Å²) in [5.41, 5.74) is 1.11. The Bertz CT molecular complexity index is 923. The van der Waals surface area contributed by atoms with Crippen LogP contribution in [0.5, 0.6) is 0 Å². The number of nitrogens with zero attached hydrogens (tertiary/aromatic N) is 2. The second kappa shape index (κ2) is 7.41. The molecule has 0 spiro atoms. The molecule has 1 heterocycles. The van der Waals surface area contributed by atoms with Crippen molar-refractivity contribution >= 4 is 28.7 Å². The molecule has 2 aromatic carbocycles. The number of carbonyl (C=O) groups excluding carboxylic acids is 1. The lowest BCUT2D eigenvalue weighted by molar-refractivity contribution is -0.137. The molecule has 0 radical (unpaired) electrons. The fraction of sp³-hybridized carbons (Fsp3) is 0.222. The van der Waals surface area contributed by atoms with E-state index in [1.165, 1.54) is 24.9 Å². The van der Waals surface area contributed by atoms with Gasteiger partial charge < -0.3 is 9.88 Å². The first-order valence-corrected chi connectivity index (χ1v) is 8.82. The molecule has 3 rings (SSSR count). The number of alkyl halides is 3. The summed E-state index contributed by atoms with van der Waals surface area (Å²) < 4.78 is 40.8. The first kappa shape index (κ1) is 18.3. The molecule has 1 N–H and O–H groups in total. The number of fused-ring (bicyclic) bond motifs is 1. The van der Waals surface area contributed by atoms with Crippen molar-refractivity contribution in [3.8, 4) is 0 Å². The highest BCUT2D eigenvalue weighted by Crippen LogP contribution is 2.33. The van der Waals surface area contributed by atoms with Crippen molar-refractivity contribution in [1.82, 2.24) is 14.9 Å². The van der Waals surface area contributed by atoms with E-state index >= 15 is 0 Å². The zero-order valence-corrected chi connectivity index (χ0v) is 14.7. The van der Waals surface area contributed by atoms with Gasteiger partial charge in [0, 0.05) is 7.05 Å². The van der Waals surface area contributed by atoms with E-state index in [4.69, 9.17) is 0 Å². The van der Waals surface area contributed by atoms with Crippen molar-refractivity contribution in [2.45, 2.75) is 17.9 Å². The van der Waals surface area contributed by atoms with Crippen LogP contribution in [0.1, 0.15) is 11.1 Å². The topological polar surface area (TPSA) is 46.9 Å². The fourth-order valence-corrected chi connectivity index (χ4v) is 3.40. The van der Waals surface area contributed by atoms with E-state index in [-0.39, 0.29) is 17.2 Å². The number of hydrogen-bond donors (Lipinski definition) is 1. The van der Waals surface area contributed by atoms with Gasteiger partial charge in [-0.2, -0.15) is 13.2 Å². The van der Waals surface area contributed by atoms with Crippen molar-refractivity contribution in [3.05, 3.63) is 59.7 Å². The number of carbonyl (C=O) groups is 1. The molecule has 4 nitrogen and oxygen atoms in total. The van der Waals surface area contributed by atoms with Gasteiger partial charge >= 0.3 is 6.18 Å². The number of benzene rings is 2. The number of aromatic nitrogens is 2. The van der Waals surface area contributed by atoms with E-state index < -0.39 is 11.7 Å². The highest BCUT2D eigenvalue weighted by molar-refractivity contribution is 7.99. The molecule has 136 valence electrons. The predicted molar refractivity (Wildman–Crippen MR) is 95.1 cm³/mol. The van der Waals surface area contributed by atoms with E-state index in [9.17, 15) is 18.0 Å². The van der Waals surface area contributed by atoms with Crippen LogP contribution in [0.2, 0.25) is 0 Å². The lowest BCUT2D eigenvalue weighted by Crippen LogP contribution is -2.20. The van der Waals surface area contributed by atoms with Crippen molar-refractivity contribution in [3.63, 3.8) is 0 Å². The monoisotopic (exact) mass is 379 g/mol. The van der Waals surface area contributed by atoms with Crippen LogP contribution in [0.4, 0.5) is 13.2 Å². The standard InChI is InChI=1S/C18H16F3N3OS/c1-22-16(25)11-26-17-23-14-9-13(18(19,20)21)7-8-15(14)24(17)10-12-5-3-2-4-6-12/h2-9H,10-11H2,1H3,(H,22,25). The molecule has 0 bridgehead atoms. The van der Waals surface area contributed by atoms with Gasteiger partial charge in [0.25, 0.3) is 0 Å². The van der Waals surface area contributed by atoms with Gasteiger partial charge in [-0.25, -0.2) is 4.98 Å². The minimum Gasteiger partial charge on any atom is -0.358 e. The Kier molecular flexibility index (Phi) is 5.22. The van der Waals surface area contributed by atoms with Crippen LogP contribution < -0.4 is 5.32 Å². The normalized spacial score (nSPS) is 11.7. The predicted octanol–water partition coefficient (Wildman–Crippen LogP) is 3.94.